The van der Waals surface area contributed by atoms with E-state index in [9.17, 15) is 9.59 Å². The SMILES string of the molecule is C[C@H](CN1CCCC1=O)NC(=O)c1cccc(Oc2ccncc2)c1. The van der Waals surface area contributed by atoms with Crippen LogP contribution < -0.4 is 10.1 Å². The zero-order chi connectivity index (χ0) is 17.6. The average Bonchev–Trinajstić information content (AvgIpc) is 3.00. The van der Waals surface area contributed by atoms with Gasteiger partial charge in [-0.3, -0.25) is 14.6 Å². The highest BCUT2D eigenvalue weighted by Gasteiger charge is 2.22. The molecule has 0 saturated carbocycles. The van der Waals surface area contributed by atoms with Crippen LogP contribution in [0, 0.1) is 0 Å². The molecule has 1 atom stereocenters. The molecular formula is C19H21N3O3. The Kier molecular flexibility index (Phi) is 5.28. The van der Waals surface area contributed by atoms with Gasteiger partial charge in [-0.2, -0.15) is 0 Å². The van der Waals surface area contributed by atoms with Crippen molar-refractivity contribution in [3.8, 4) is 11.5 Å². The van der Waals surface area contributed by atoms with Crippen LogP contribution >= 0.6 is 0 Å². The molecule has 0 radical (unpaired) electrons. The molecule has 0 aliphatic carbocycles. The van der Waals surface area contributed by atoms with Gasteiger partial charge in [-0.25, -0.2) is 0 Å². The second-order valence-corrected chi connectivity index (χ2v) is 6.13. The monoisotopic (exact) mass is 339 g/mol. The van der Waals surface area contributed by atoms with Crippen molar-refractivity contribution in [3.05, 3.63) is 54.4 Å². The Morgan fingerprint density at radius 2 is 2.08 bits per heavy atom. The van der Waals surface area contributed by atoms with Crippen molar-refractivity contribution in [2.75, 3.05) is 13.1 Å². The summed E-state index contributed by atoms with van der Waals surface area (Å²) in [6.45, 7) is 3.22. The number of rotatable bonds is 6. The van der Waals surface area contributed by atoms with Crippen LogP contribution in [0.15, 0.2) is 48.8 Å². The van der Waals surface area contributed by atoms with Gasteiger partial charge < -0.3 is 15.0 Å². The van der Waals surface area contributed by atoms with Gasteiger partial charge in [-0.15, -0.1) is 0 Å². The largest absolute Gasteiger partial charge is 0.457 e. The van der Waals surface area contributed by atoms with Crippen molar-refractivity contribution in [1.29, 1.82) is 0 Å². The van der Waals surface area contributed by atoms with E-state index in [1.165, 1.54) is 0 Å². The van der Waals surface area contributed by atoms with Crippen molar-refractivity contribution >= 4 is 11.8 Å². The molecule has 0 spiro atoms. The molecule has 1 N–H and O–H groups in total. The Hall–Kier alpha value is -2.89. The molecule has 2 heterocycles. The molecule has 1 aromatic heterocycles. The van der Waals surface area contributed by atoms with Gasteiger partial charge in [-0.05, 0) is 43.7 Å². The summed E-state index contributed by atoms with van der Waals surface area (Å²) in [6, 6.07) is 10.4. The summed E-state index contributed by atoms with van der Waals surface area (Å²) in [5, 5.41) is 2.94. The highest BCUT2D eigenvalue weighted by atomic mass is 16.5. The maximum atomic E-state index is 12.4. The number of hydrogen-bond acceptors (Lipinski definition) is 4. The maximum absolute atomic E-state index is 12.4. The molecule has 1 saturated heterocycles. The zero-order valence-corrected chi connectivity index (χ0v) is 14.1. The maximum Gasteiger partial charge on any atom is 0.251 e. The predicted molar refractivity (Wildman–Crippen MR) is 93.5 cm³/mol. The number of nitrogens with zero attached hydrogens (tertiary/aromatic N) is 2. The molecule has 3 rings (SSSR count). The highest BCUT2D eigenvalue weighted by molar-refractivity contribution is 5.94. The lowest BCUT2D eigenvalue weighted by Gasteiger charge is -2.21. The number of likely N-dealkylation sites (tertiary alicyclic amines) is 1. The molecule has 6 nitrogen and oxygen atoms in total. The van der Waals surface area contributed by atoms with Gasteiger partial charge in [0.05, 0.1) is 0 Å². The Morgan fingerprint density at radius 1 is 1.28 bits per heavy atom. The lowest BCUT2D eigenvalue weighted by Crippen LogP contribution is -2.42. The molecule has 2 amide bonds. The van der Waals surface area contributed by atoms with E-state index in [4.69, 9.17) is 4.74 Å². The summed E-state index contributed by atoms with van der Waals surface area (Å²) in [5.74, 6) is 1.22. The summed E-state index contributed by atoms with van der Waals surface area (Å²) >= 11 is 0. The molecule has 25 heavy (non-hydrogen) atoms. The van der Waals surface area contributed by atoms with E-state index in [0.29, 0.717) is 30.0 Å². The fraction of sp³-hybridized carbons (Fsp3) is 0.316. The van der Waals surface area contributed by atoms with Crippen molar-refractivity contribution in [1.82, 2.24) is 15.2 Å². The first kappa shape index (κ1) is 17.0. The van der Waals surface area contributed by atoms with E-state index in [2.05, 4.69) is 10.3 Å². The van der Waals surface area contributed by atoms with Gasteiger partial charge in [0.1, 0.15) is 11.5 Å². The van der Waals surface area contributed by atoms with Crippen molar-refractivity contribution in [2.24, 2.45) is 0 Å². The van der Waals surface area contributed by atoms with E-state index in [1.807, 2.05) is 6.92 Å². The summed E-state index contributed by atoms with van der Waals surface area (Å²) in [4.78, 5) is 29.9. The van der Waals surface area contributed by atoms with Gasteiger partial charge >= 0.3 is 0 Å². The second-order valence-electron chi connectivity index (χ2n) is 6.13. The minimum absolute atomic E-state index is 0.112. The summed E-state index contributed by atoms with van der Waals surface area (Å²) in [6.07, 6.45) is 4.80. The van der Waals surface area contributed by atoms with Crippen LogP contribution in [0.25, 0.3) is 0 Å². The number of hydrogen-bond donors (Lipinski definition) is 1. The van der Waals surface area contributed by atoms with Crippen LogP contribution in [-0.2, 0) is 4.79 Å². The topological polar surface area (TPSA) is 71.5 Å². The van der Waals surface area contributed by atoms with Gasteiger partial charge in [0, 0.05) is 43.5 Å². The number of aromatic nitrogens is 1. The lowest BCUT2D eigenvalue weighted by molar-refractivity contribution is -0.127. The van der Waals surface area contributed by atoms with E-state index in [-0.39, 0.29) is 17.9 Å². The van der Waals surface area contributed by atoms with Crippen molar-refractivity contribution < 1.29 is 14.3 Å². The predicted octanol–water partition coefficient (Wildman–Crippen LogP) is 2.61. The smallest absolute Gasteiger partial charge is 0.251 e. The Bertz CT molecular complexity index is 749. The first-order valence-corrected chi connectivity index (χ1v) is 8.38. The molecule has 1 aromatic carbocycles. The minimum atomic E-state index is -0.181. The van der Waals surface area contributed by atoms with Crippen LogP contribution in [0.2, 0.25) is 0 Å². The highest BCUT2D eigenvalue weighted by Crippen LogP contribution is 2.21. The van der Waals surface area contributed by atoms with E-state index in [0.717, 1.165) is 13.0 Å². The first-order chi connectivity index (χ1) is 12.1. The van der Waals surface area contributed by atoms with Crippen molar-refractivity contribution in [3.63, 3.8) is 0 Å². The van der Waals surface area contributed by atoms with Crippen LogP contribution in [0.5, 0.6) is 11.5 Å². The number of benzene rings is 1. The number of ether oxygens (including phenoxy) is 1. The quantitative estimate of drug-likeness (QED) is 0.878. The molecule has 1 aliphatic heterocycles. The summed E-state index contributed by atoms with van der Waals surface area (Å²) in [5.41, 5.74) is 0.520. The number of carbonyl (C=O) groups excluding carboxylic acids is 2. The van der Waals surface area contributed by atoms with Gasteiger partial charge in [-0.1, -0.05) is 6.07 Å². The fourth-order valence-electron chi connectivity index (χ4n) is 2.82. The normalized spacial score (nSPS) is 15.1. The van der Waals surface area contributed by atoms with Crippen LogP contribution in [0.4, 0.5) is 0 Å². The minimum Gasteiger partial charge on any atom is -0.457 e. The Balaban J connectivity index is 1.60. The molecule has 2 aromatic rings. The van der Waals surface area contributed by atoms with E-state index >= 15 is 0 Å². The standard InChI is InChI=1S/C19H21N3O3/c1-14(13-22-11-3-6-18(22)23)21-19(24)15-4-2-5-17(12-15)25-16-7-9-20-10-8-16/h2,4-5,7-10,12,14H,3,6,11,13H2,1H3,(H,21,24)/t14-/m1/s1. The molecule has 130 valence electrons. The van der Waals surface area contributed by atoms with Gasteiger partial charge in [0.15, 0.2) is 0 Å². The molecular weight excluding hydrogens is 318 g/mol. The average molecular weight is 339 g/mol. The molecule has 0 bridgehead atoms. The van der Waals surface area contributed by atoms with Gasteiger partial charge in [0.25, 0.3) is 5.91 Å². The third kappa shape index (κ3) is 4.56. The van der Waals surface area contributed by atoms with E-state index < -0.39 is 0 Å². The fourth-order valence-corrected chi connectivity index (χ4v) is 2.82. The number of amides is 2. The number of carbonyl (C=O) groups is 2. The molecule has 1 aliphatic rings. The van der Waals surface area contributed by atoms with Crippen LogP contribution in [0.3, 0.4) is 0 Å². The number of pyridine rings is 1. The third-order valence-corrected chi connectivity index (χ3v) is 4.02. The summed E-state index contributed by atoms with van der Waals surface area (Å²) < 4.78 is 5.72. The third-order valence-electron chi connectivity index (χ3n) is 4.02. The van der Waals surface area contributed by atoms with Crippen LogP contribution in [0.1, 0.15) is 30.1 Å². The lowest BCUT2D eigenvalue weighted by atomic mass is 10.2. The Morgan fingerprint density at radius 3 is 2.80 bits per heavy atom. The first-order valence-electron chi connectivity index (χ1n) is 8.38. The van der Waals surface area contributed by atoms with Crippen molar-refractivity contribution in [2.45, 2.75) is 25.8 Å². The van der Waals surface area contributed by atoms with Crippen LogP contribution in [-0.4, -0.2) is 40.8 Å². The Labute approximate surface area is 146 Å². The summed E-state index contributed by atoms with van der Waals surface area (Å²) in [7, 11) is 0. The van der Waals surface area contributed by atoms with E-state index in [1.54, 1.807) is 53.7 Å². The van der Waals surface area contributed by atoms with Gasteiger partial charge in [0.2, 0.25) is 5.91 Å². The number of nitrogens with one attached hydrogen (secondary N) is 1. The second kappa shape index (κ2) is 7.79. The molecule has 0 unspecified atom stereocenters. The zero-order valence-electron chi connectivity index (χ0n) is 14.1. The molecule has 1 fully saturated rings. The molecule has 6 heteroatoms.